The Balaban J connectivity index is 2.06. The fourth-order valence-corrected chi connectivity index (χ4v) is 2.90. The third-order valence-corrected chi connectivity index (χ3v) is 4.00. The summed E-state index contributed by atoms with van der Waals surface area (Å²) in [5.41, 5.74) is 0.803. The fourth-order valence-electron chi connectivity index (χ4n) is 1.82. The Morgan fingerprint density at radius 1 is 1.20 bits per heavy atom. The first-order valence-electron chi connectivity index (χ1n) is 5.63. The molecule has 2 N–H and O–H groups in total. The zero-order chi connectivity index (χ0) is 14.2. The first kappa shape index (κ1) is 12.5. The largest absolute Gasteiger partial charge is 0.282 e. The van der Waals surface area contributed by atoms with Gasteiger partial charge in [-0.05, 0) is 18.2 Å². The molecule has 0 bridgehead atoms. The standard InChI is InChI=1S/C12H9FN4O2S/c13-9-4-2-6-14-12(9)20(18,19)17-10-5-1-3-8-7-15-16-11(8)10/h1-7,17H,(H,15,16). The minimum absolute atomic E-state index is 0.282. The van der Waals surface area contributed by atoms with Crippen LogP contribution in [0.15, 0.2) is 47.8 Å². The van der Waals surface area contributed by atoms with E-state index in [4.69, 9.17) is 0 Å². The summed E-state index contributed by atoms with van der Waals surface area (Å²) in [6, 6.07) is 7.36. The Kier molecular flexibility index (Phi) is 2.87. The Hall–Kier alpha value is -2.48. The molecule has 1 aromatic carbocycles. The molecule has 0 aliphatic heterocycles. The smallest absolute Gasteiger partial charge is 0.276 e. The van der Waals surface area contributed by atoms with Gasteiger partial charge in [0.15, 0.2) is 5.82 Å². The third-order valence-electron chi connectivity index (χ3n) is 2.70. The molecular formula is C12H9FN4O2S. The number of pyridine rings is 1. The maximum Gasteiger partial charge on any atom is 0.282 e. The van der Waals surface area contributed by atoms with Crippen LogP contribution < -0.4 is 4.72 Å². The molecule has 8 heteroatoms. The number of fused-ring (bicyclic) bond motifs is 1. The van der Waals surface area contributed by atoms with Crippen LogP contribution in [0.4, 0.5) is 10.1 Å². The van der Waals surface area contributed by atoms with Crippen LogP contribution in [0.2, 0.25) is 0 Å². The van der Waals surface area contributed by atoms with Gasteiger partial charge >= 0.3 is 0 Å². The number of nitrogens with one attached hydrogen (secondary N) is 2. The first-order valence-corrected chi connectivity index (χ1v) is 7.12. The van der Waals surface area contributed by atoms with Crippen molar-refractivity contribution < 1.29 is 12.8 Å². The zero-order valence-corrected chi connectivity index (χ0v) is 10.9. The molecule has 3 aromatic rings. The molecule has 0 saturated heterocycles. The Labute approximate surface area is 113 Å². The van der Waals surface area contributed by atoms with E-state index in [1.807, 2.05) is 0 Å². The molecule has 0 fully saturated rings. The molecule has 0 saturated carbocycles. The molecule has 0 atom stereocenters. The highest BCUT2D eigenvalue weighted by atomic mass is 32.2. The maximum atomic E-state index is 13.5. The van der Waals surface area contributed by atoms with E-state index in [2.05, 4.69) is 19.9 Å². The normalized spacial score (nSPS) is 11.7. The van der Waals surface area contributed by atoms with Gasteiger partial charge in [-0.3, -0.25) is 9.82 Å². The molecule has 20 heavy (non-hydrogen) atoms. The second kappa shape index (κ2) is 4.57. The molecule has 6 nitrogen and oxygen atoms in total. The summed E-state index contributed by atoms with van der Waals surface area (Å²) < 4.78 is 40.1. The molecular weight excluding hydrogens is 283 g/mol. The SMILES string of the molecule is O=S(=O)(Nc1cccc2cn[nH]c12)c1ncccc1F. The van der Waals surface area contributed by atoms with E-state index < -0.39 is 20.9 Å². The van der Waals surface area contributed by atoms with E-state index in [-0.39, 0.29) is 5.69 Å². The number of aromatic nitrogens is 3. The molecule has 0 aliphatic carbocycles. The first-order chi connectivity index (χ1) is 9.58. The average Bonchev–Trinajstić information content (AvgIpc) is 2.88. The van der Waals surface area contributed by atoms with Gasteiger partial charge in [0.25, 0.3) is 10.0 Å². The highest BCUT2D eigenvalue weighted by Crippen LogP contribution is 2.23. The Bertz CT molecular complexity index is 876. The van der Waals surface area contributed by atoms with E-state index in [9.17, 15) is 12.8 Å². The number of nitrogens with zero attached hydrogens (tertiary/aromatic N) is 2. The van der Waals surface area contributed by atoms with Gasteiger partial charge in [-0.15, -0.1) is 0 Å². The number of anilines is 1. The van der Waals surface area contributed by atoms with Crippen molar-refractivity contribution in [2.45, 2.75) is 5.03 Å². The number of hydrogen-bond donors (Lipinski definition) is 2. The quantitative estimate of drug-likeness (QED) is 0.771. The summed E-state index contributed by atoms with van der Waals surface area (Å²) in [6.07, 6.45) is 2.78. The lowest BCUT2D eigenvalue weighted by Crippen LogP contribution is -2.16. The third kappa shape index (κ3) is 2.10. The van der Waals surface area contributed by atoms with Crippen molar-refractivity contribution in [3.05, 3.63) is 48.5 Å². The van der Waals surface area contributed by atoms with Crippen LogP contribution in [-0.2, 0) is 10.0 Å². The number of benzene rings is 1. The fraction of sp³-hybridized carbons (Fsp3) is 0. The second-order valence-electron chi connectivity index (χ2n) is 4.04. The van der Waals surface area contributed by atoms with Gasteiger partial charge in [0, 0.05) is 11.6 Å². The van der Waals surface area contributed by atoms with E-state index in [0.29, 0.717) is 5.52 Å². The highest BCUT2D eigenvalue weighted by Gasteiger charge is 2.21. The number of aromatic amines is 1. The van der Waals surface area contributed by atoms with Crippen molar-refractivity contribution in [3.63, 3.8) is 0 Å². The summed E-state index contributed by atoms with van der Waals surface area (Å²) in [7, 11) is -4.10. The molecule has 2 heterocycles. The van der Waals surface area contributed by atoms with Gasteiger partial charge in [0.05, 0.1) is 17.4 Å². The van der Waals surface area contributed by atoms with Crippen LogP contribution in [0.3, 0.4) is 0 Å². The van der Waals surface area contributed by atoms with E-state index in [0.717, 1.165) is 11.5 Å². The van der Waals surface area contributed by atoms with Crippen molar-refractivity contribution in [3.8, 4) is 0 Å². The van der Waals surface area contributed by atoms with Crippen molar-refractivity contribution in [1.82, 2.24) is 15.2 Å². The van der Waals surface area contributed by atoms with Crippen LogP contribution in [0, 0.1) is 5.82 Å². The molecule has 0 unspecified atom stereocenters. The van der Waals surface area contributed by atoms with Crippen LogP contribution in [0.5, 0.6) is 0 Å². The van der Waals surface area contributed by atoms with E-state index in [1.165, 1.54) is 12.3 Å². The van der Waals surface area contributed by atoms with Gasteiger partial charge in [0.1, 0.15) is 0 Å². The highest BCUT2D eigenvalue weighted by molar-refractivity contribution is 7.92. The van der Waals surface area contributed by atoms with Gasteiger partial charge < -0.3 is 0 Å². The van der Waals surface area contributed by atoms with Crippen LogP contribution in [-0.4, -0.2) is 23.6 Å². The van der Waals surface area contributed by atoms with E-state index in [1.54, 1.807) is 24.4 Å². The zero-order valence-electron chi connectivity index (χ0n) is 10.0. The van der Waals surface area contributed by atoms with Crippen LogP contribution >= 0.6 is 0 Å². The van der Waals surface area contributed by atoms with Crippen LogP contribution in [0.25, 0.3) is 10.9 Å². The van der Waals surface area contributed by atoms with E-state index >= 15 is 0 Å². The monoisotopic (exact) mass is 292 g/mol. The minimum atomic E-state index is -4.10. The number of rotatable bonds is 3. The second-order valence-corrected chi connectivity index (χ2v) is 5.63. The molecule has 0 aliphatic rings. The number of para-hydroxylation sites is 1. The predicted molar refractivity (Wildman–Crippen MR) is 71.1 cm³/mol. The molecule has 2 aromatic heterocycles. The van der Waals surface area contributed by atoms with Gasteiger partial charge in [-0.25, -0.2) is 9.37 Å². The summed E-state index contributed by atoms with van der Waals surface area (Å²) in [4.78, 5) is 3.56. The van der Waals surface area contributed by atoms with Gasteiger partial charge in [-0.2, -0.15) is 13.5 Å². The topological polar surface area (TPSA) is 87.7 Å². The number of sulfonamides is 1. The van der Waals surface area contributed by atoms with Crippen molar-refractivity contribution in [2.75, 3.05) is 4.72 Å². The summed E-state index contributed by atoms with van der Waals surface area (Å²) in [6.45, 7) is 0. The number of hydrogen-bond acceptors (Lipinski definition) is 4. The Morgan fingerprint density at radius 2 is 2.05 bits per heavy atom. The van der Waals surface area contributed by atoms with Crippen molar-refractivity contribution in [2.24, 2.45) is 0 Å². The molecule has 0 radical (unpaired) electrons. The minimum Gasteiger partial charge on any atom is -0.276 e. The van der Waals surface area contributed by atoms with Crippen molar-refractivity contribution >= 4 is 26.6 Å². The van der Waals surface area contributed by atoms with Crippen molar-refractivity contribution in [1.29, 1.82) is 0 Å². The van der Waals surface area contributed by atoms with Gasteiger partial charge in [-0.1, -0.05) is 12.1 Å². The summed E-state index contributed by atoms with van der Waals surface area (Å²) in [5.74, 6) is -0.906. The molecule has 0 amide bonds. The van der Waals surface area contributed by atoms with Gasteiger partial charge in [0.2, 0.25) is 5.03 Å². The average molecular weight is 292 g/mol. The molecule has 102 valence electrons. The Morgan fingerprint density at radius 3 is 2.85 bits per heavy atom. The predicted octanol–water partition coefficient (Wildman–Crippen LogP) is 1.90. The lowest BCUT2D eigenvalue weighted by Gasteiger charge is -2.08. The lowest BCUT2D eigenvalue weighted by molar-refractivity contribution is 0.557. The van der Waals surface area contributed by atoms with Crippen LogP contribution in [0.1, 0.15) is 0 Å². The number of halogens is 1. The number of H-pyrrole nitrogens is 1. The summed E-state index contributed by atoms with van der Waals surface area (Å²) in [5, 5.41) is 6.62. The molecule has 0 spiro atoms. The maximum absolute atomic E-state index is 13.5. The molecule has 3 rings (SSSR count). The lowest BCUT2D eigenvalue weighted by atomic mass is 10.2. The summed E-state index contributed by atoms with van der Waals surface area (Å²) >= 11 is 0.